The van der Waals surface area contributed by atoms with Gasteiger partial charge in [0.25, 0.3) is 0 Å². The third-order valence-corrected chi connectivity index (χ3v) is 7.45. The van der Waals surface area contributed by atoms with Crippen molar-refractivity contribution in [3.63, 3.8) is 0 Å². The summed E-state index contributed by atoms with van der Waals surface area (Å²) in [4.78, 5) is 4.87. The Kier molecular flexibility index (Phi) is 4.52. The Labute approximate surface area is 219 Å². The summed E-state index contributed by atoms with van der Waals surface area (Å²) in [7, 11) is 0. The molecule has 0 bridgehead atoms. The van der Waals surface area contributed by atoms with Crippen LogP contribution in [0.4, 0.5) is 0 Å². The maximum absolute atomic E-state index is 6.07. The van der Waals surface area contributed by atoms with Gasteiger partial charge in [-0.3, -0.25) is 4.98 Å². The molecule has 0 amide bonds. The quantitative estimate of drug-likeness (QED) is 0.249. The van der Waals surface area contributed by atoms with Crippen molar-refractivity contribution in [3.05, 3.63) is 134 Å². The molecule has 3 heterocycles. The molecule has 0 N–H and O–H groups in total. The zero-order valence-corrected chi connectivity index (χ0v) is 20.5. The molecule has 38 heavy (non-hydrogen) atoms. The van der Waals surface area contributed by atoms with Crippen molar-refractivity contribution in [2.45, 2.75) is 0 Å². The number of benzene rings is 5. The summed E-state index contributed by atoms with van der Waals surface area (Å²) in [5, 5.41) is 4.68. The molecule has 0 saturated carbocycles. The molecule has 0 aliphatic carbocycles. The molecule has 0 fully saturated rings. The zero-order valence-electron chi connectivity index (χ0n) is 20.5. The molecule has 3 aromatic heterocycles. The van der Waals surface area contributed by atoms with E-state index in [4.69, 9.17) is 9.40 Å². The fourth-order valence-corrected chi connectivity index (χ4v) is 5.70. The Hall–Kier alpha value is -5.15. The van der Waals surface area contributed by atoms with E-state index in [1.54, 1.807) is 0 Å². The number of furan rings is 1. The van der Waals surface area contributed by atoms with E-state index < -0.39 is 0 Å². The molecular formula is C35H22N2O. The fourth-order valence-electron chi connectivity index (χ4n) is 5.70. The molecule has 0 aliphatic heterocycles. The minimum absolute atomic E-state index is 0.912. The monoisotopic (exact) mass is 486 g/mol. The van der Waals surface area contributed by atoms with Crippen LogP contribution in [-0.2, 0) is 0 Å². The normalized spacial score (nSPS) is 11.7. The number of nitrogens with zero attached hydrogens (tertiary/aromatic N) is 2. The van der Waals surface area contributed by atoms with Crippen molar-refractivity contribution in [1.29, 1.82) is 0 Å². The van der Waals surface area contributed by atoms with Crippen molar-refractivity contribution in [2.75, 3.05) is 0 Å². The fraction of sp³-hybridized carbons (Fsp3) is 0. The zero-order chi connectivity index (χ0) is 25.1. The van der Waals surface area contributed by atoms with Gasteiger partial charge in [0.2, 0.25) is 0 Å². The highest BCUT2D eigenvalue weighted by atomic mass is 16.3. The highest BCUT2D eigenvalue weighted by Gasteiger charge is 2.18. The lowest BCUT2D eigenvalue weighted by Gasteiger charge is -2.11. The summed E-state index contributed by atoms with van der Waals surface area (Å²) >= 11 is 0. The molecule has 0 spiro atoms. The molecule has 178 valence electrons. The molecule has 3 heteroatoms. The van der Waals surface area contributed by atoms with Crippen molar-refractivity contribution in [1.82, 2.24) is 9.55 Å². The number of para-hydroxylation sites is 2. The lowest BCUT2D eigenvalue weighted by atomic mass is 10.0. The van der Waals surface area contributed by atoms with Crippen LogP contribution in [0.15, 0.2) is 138 Å². The number of fused-ring (bicyclic) bond motifs is 6. The van der Waals surface area contributed by atoms with Crippen molar-refractivity contribution in [2.24, 2.45) is 0 Å². The summed E-state index contributed by atoms with van der Waals surface area (Å²) < 4.78 is 8.41. The second-order valence-corrected chi connectivity index (χ2v) is 9.63. The number of hydrogen-bond donors (Lipinski definition) is 0. The molecule has 0 aliphatic rings. The van der Waals surface area contributed by atoms with E-state index in [1.807, 2.05) is 24.4 Å². The number of aromatic nitrogens is 2. The predicted octanol–water partition coefficient (Wildman–Crippen LogP) is 9.41. The second kappa shape index (κ2) is 8.19. The minimum Gasteiger partial charge on any atom is -0.456 e. The Morgan fingerprint density at radius 2 is 1.18 bits per heavy atom. The highest BCUT2D eigenvalue weighted by molar-refractivity contribution is 6.14. The van der Waals surface area contributed by atoms with E-state index in [2.05, 4.69) is 114 Å². The number of rotatable bonds is 3. The van der Waals surface area contributed by atoms with Gasteiger partial charge in [0.15, 0.2) is 0 Å². The summed E-state index contributed by atoms with van der Waals surface area (Å²) in [5.41, 5.74) is 9.67. The number of hydrogen-bond acceptors (Lipinski definition) is 2. The van der Waals surface area contributed by atoms with Gasteiger partial charge in [0.1, 0.15) is 11.2 Å². The van der Waals surface area contributed by atoms with Gasteiger partial charge in [-0.25, -0.2) is 0 Å². The minimum atomic E-state index is 0.912. The van der Waals surface area contributed by atoms with Crippen LogP contribution in [0, 0.1) is 0 Å². The Balaban J connectivity index is 1.42. The van der Waals surface area contributed by atoms with E-state index in [-0.39, 0.29) is 0 Å². The molecule has 5 aromatic carbocycles. The topological polar surface area (TPSA) is 31.0 Å². The smallest absolute Gasteiger partial charge is 0.135 e. The Morgan fingerprint density at radius 1 is 0.500 bits per heavy atom. The second-order valence-electron chi connectivity index (χ2n) is 9.63. The van der Waals surface area contributed by atoms with E-state index in [0.717, 1.165) is 49.9 Å². The molecule has 3 nitrogen and oxygen atoms in total. The average Bonchev–Trinajstić information content (AvgIpc) is 3.53. The standard InChI is InChI=1S/C35H22N2O/c1-3-9-23(10-4-1)34-35-28(19-20-36-34)29-21-24(15-17-31(29)37(35)26-11-5-2-6-12-26)25-16-18-33-30(22-25)27-13-7-8-14-32(27)38-33/h1-22H. The summed E-state index contributed by atoms with van der Waals surface area (Å²) in [6, 6.07) is 44.6. The molecule has 0 atom stereocenters. The van der Waals surface area contributed by atoms with Gasteiger partial charge < -0.3 is 8.98 Å². The van der Waals surface area contributed by atoms with Gasteiger partial charge in [0.05, 0.1) is 16.7 Å². The highest BCUT2D eigenvalue weighted by Crippen LogP contribution is 2.39. The molecule has 0 saturated heterocycles. The SMILES string of the molecule is c1ccc(-c2nccc3c4cc(-c5ccc6oc7ccccc7c6c5)ccc4n(-c4ccccc4)c23)cc1. The van der Waals surface area contributed by atoms with E-state index in [1.165, 1.54) is 21.9 Å². The molecule has 8 aromatic rings. The van der Waals surface area contributed by atoms with Gasteiger partial charge in [-0.2, -0.15) is 0 Å². The van der Waals surface area contributed by atoms with Crippen LogP contribution < -0.4 is 0 Å². The lowest BCUT2D eigenvalue weighted by molar-refractivity contribution is 0.669. The van der Waals surface area contributed by atoms with E-state index in [9.17, 15) is 0 Å². The first kappa shape index (κ1) is 21.0. The van der Waals surface area contributed by atoms with Crippen molar-refractivity contribution < 1.29 is 4.42 Å². The first-order valence-corrected chi connectivity index (χ1v) is 12.8. The summed E-state index contributed by atoms with van der Waals surface area (Å²) in [6.45, 7) is 0. The number of pyridine rings is 1. The first-order chi connectivity index (χ1) is 18.8. The van der Waals surface area contributed by atoms with Crippen LogP contribution in [0.5, 0.6) is 0 Å². The van der Waals surface area contributed by atoms with Crippen LogP contribution >= 0.6 is 0 Å². The van der Waals surface area contributed by atoms with Crippen LogP contribution in [0.3, 0.4) is 0 Å². The average molecular weight is 487 g/mol. The van der Waals surface area contributed by atoms with Crippen LogP contribution in [0.2, 0.25) is 0 Å². The summed E-state index contributed by atoms with van der Waals surface area (Å²) in [5.74, 6) is 0. The molecular weight excluding hydrogens is 464 g/mol. The Bertz CT molecular complexity index is 2120. The molecule has 0 radical (unpaired) electrons. The van der Waals surface area contributed by atoms with Crippen molar-refractivity contribution >= 4 is 43.7 Å². The Morgan fingerprint density at radius 3 is 2.03 bits per heavy atom. The van der Waals surface area contributed by atoms with Gasteiger partial charge in [0, 0.05) is 39.0 Å². The molecule has 0 unspecified atom stereocenters. The predicted molar refractivity (Wildman–Crippen MR) is 157 cm³/mol. The maximum Gasteiger partial charge on any atom is 0.135 e. The molecule has 8 rings (SSSR count). The van der Waals surface area contributed by atoms with E-state index >= 15 is 0 Å². The van der Waals surface area contributed by atoms with Gasteiger partial charge in [-0.1, -0.05) is 78.9 Å². The van der Waals surface area contributed by atoms with Gasteiger partial charge >= 0.3 is 0 Å². The lowest BCUT2D eigenvalue weighted by Crippen LogP contribution is -1.96. The summed E-state index contributed by atoms with van der Waals surface area (Å²) in [6.07, 6.45) is 1.93. The third-order valence-electron chi connectivity index (χ3n) is 7.45. The van der Waals surface area contributed by atoms with Crippen molar-refractivity contribution in [3.8, 4) is 28.1 Å². The van der Waals surface area contributed by atoms with Crippen LogP contribution in [0.25, 0.3) is 71.8 Å². The van der Waals surface area contributed by atoms with Crippen LogP contribution in [-0.4, -0.2) is 9.55 Å². The third kappa shape index (κ3) is 3.12. The van der Waals surface area contributed by atoms with Gasteiger partial charge in [-0.15, -0.1) is 0 Å². The maximum atomic E-state index is 6.07. The largest absolute Gasteiger partial charge is 0.456 e. The van der Waals surface area contributed by atoms with E-state index in [0.29, 0.717) is 0 Å². The first-order valence-electron chi connectivity index (χ1n) is 12.8. The van der Waals surface area contributed by atoms with Gasteiger partial charge in [-0.05, 0) is 59.7 Å². The van der Waals surface area contributed by atoms with Crippen LogP contribution in [0.1, 0.15) is 0 Å².